The summed E-state index contributed by atoms with van der Waals surface area (Å²) in [6.45, 7) is 7.18. The van der Waals surface area contributed by atoms with Gasteiger partial charge in [-0.05, 0) is 26.3 Å². The Kier molecular flexibility index (Phi) is 4.02. The molecule has 0 aromatic heterocycles. The summed E-state index contributed by atoms with van der Waals surface area (Å²) in [5, 5.41) is 3.39. The maximum Gasteiger partial charge on any atom is 0.0806 e. The van der Waals surface area contributed by atoms with Crippen LogP contribution in [0.1, 0.15) is 39.5 Å². The zero-order chi connectivity index (χ0) is 8.86. The van der Waals surface area contributed by atoms with Crippen LogP contribution < -0.4 is 5.32 Å². The average molecular weight is 171 g/mol. The Hall–Kier alpha value is -0.0800. The van der Waals surface area contributed by atoms with Crippen LogP contribution in [0.15, 0.2) is 0 Å². The van der Waals surface area contributed by atoms with Gasteiger partial charge in [-0.15, -0.1) is 0 Å². The first kappa shape index (κ1) is 10.0. The fraction of sp³-hybridized carbons (Fsp3) is 1.00. The molecule has 1 rings (SSSR count). The third-order valence-electron chi connectivity index (χ3n) is 2.66. The predicted molar refractivity (Wildman–Crippen MR) is 51.4 cm³/mol. The highest BCUT2D eigenvalue weighted by atomic mass is 16.5. The number of rotatable bonds is 5. The van der Waals surface area contributed by atoms with Crippen LogP contribution in [0.25, 0.3) is 0 Å². The van der Waals surface area contributed by atoms with E-state index in [1.165, 1.54) is 25.7 Å². The molecule has 2 nitrogen and oxygen atoms in total. The van der Waals surface area contributed by atoms with Crippen molar-refractivity contribution < 1.29 is 4.74 Å². The SMILES string of the molecule is CCNCC1(OCC)CCCC1. The lowest BCUT2D eigenvalue weighted by Crippen LogP contribution is -2.40. The molecular formula is C10H21NO. The maximum atomic E-state index is 5.83. The van der Waals surface area contributed by atoms with Gasteiger partial charge in [-0.25, -0.2) is 0 Å². The zero-order valence-electron chi connectivity index (χ0n) is 8.36. The first-order valence-electron chi connectivity index (χ1n) is 5.17. The molecule has 0 aromatic carbocycles. The molecule has 1 fully saturated rings. The van der Waals surface area contributed by atoms with Crippen molar-refractivity contribution in [3.8, 4) is 0 Å². The third kappa shape index (κ3) is 2.46. The lowest BCUT2D eigenvalue weighted by atomic mass is 10.0. The van der Waals surface area contributed by atoms with Gasteiger partial charge < -0.3 is 10.1 Å². The number of likely N-dealkylation sites (N-methyl/N-ethyl adjacent to an activating group) is 1. The summed E-state index contributed by atoms with van der Waals surface area (Å²) in [5.41, 5.74) is 0.185. The van der Waals surface area contributed by atoms with Gasteiger partial charge in [0.15, 0.2) is 0 Å². The summed E-state index contributed by atoms with van der Waals surface area (Å²) in [4.78, 5) is 0. The molecule has 0 aliphatic heterocycles. The van der Waals surface area contributed by atoms with Crippen molar-refractivity contribution in [1.29, 1.82) is 0 Å². The molecule has 0 unspecified atom stereocenters. The smallest absolute Gasteiger partial charge is 0.0806 e. The van der Waals surface area contributed by atoms with E-state index in [0.29, 0.717) is 0 Å². The molecule has 0 radical (unpaired) electrons. The second kappa shape index (κ2) is 4.83. The van der Waals surface area contributed by atoms with E-state index in [-0.39, 0.29) is 5.60 Å². The standard InChI is InChI=1S/C10H21NO/c1-3-11-9-10(12-4-2)7-5-6-8-10/h11H,3-9H2,1-2H3. The van der Waals surface area contributed by atoms with Crippen LogP contribution in [0, 0.1) is 0 Å². The molecule has 0 heterocycles. The summed E-state index contributed by atoms with van der Waals surface area (Å²) in [6.07, 6.45) is 5.17. The van der Waals surface area contributed by atoms with Crippen molar-refractivity contribution in [3.63, 3.8) is 0 Å². The fourth-order valence-corrected chi connectivity index (χ4v) is 2.05. The molecule has 72 valence electrons. The van der Waals surface area contributed by atoms with E-state index in [1.54, 1.807) is 0 Å². The van der Waals surface area contributed by atoms with Crippen molar-refractivity contribution in [2.75, 3.05) is 19.7 Å². The molecule has 0 bridgehead atoms. The monoisotopic (exact) mass is 171 g/mol. The van der Waals surface area contributed by atoms with E-state index in [4.69, 9.17) is 4.74 Å². The quantitative estimate of drug-likeness (QED) is 0.682. The van der Waals surface area contributed by atoms with Crippen molar-refractivity contribution in [2.45, 2.75) is 45.1 Å². The van der Waals surface area contributed by atoms with Crippen molar-refractivity contribution in [2.24, 2.45) is 0 Å². The topological polar surface area (TPSA) is 21.3 Å². The Balaban J connectivity index is 2.35. The average Bonchev–Trinajstić information content (AvgIpc) is 2.51. The van der Waals surface area contributed by atoms with E-state index in [1.807, 2.05) is 0 Å². The van der Waals surface area contributed by atoms with Gasteiger partial charge in [0.1, 0.15) is 0 Å². The number of hydrogen-bond donors (Lipinski definition) is 1. The summed E-state index contributed by atoms with van der Waals surface area (Å²) in [7, 11) is 0. The number of hydrogen-bond acceptors (Lipinski definition) is 2. The van der Waals surface area contributed by atoms with Gasteiger partial charge in [-0.3, -0.25) is 0 Å². The van der Waals surface area contributed by atoms with Gasteiger partial charge in [0.05, 0.1) is 5.60 Å². The third-order valence-corrected chi connectivity index (χ3v) is 2.66. The van der Waals surface area contributed by atoms with Crippen molar-refractivity contribution >= 4 is 0 Å². The Morgan fingerprint density at radius 1 is 1.25 bits per heavy atom. The summed E-state index contributed by atoms with van der Waals surface area (Å²) in [6, 6.07) is 0. The van der Waals surface area contributed by atoms with E-state index >= 15 is 0 Å². The minimum atomic E-state index is 0.185. The first-order chi connectivity index (χ1) is 5.83. The predicted octanol–water partition coefficient (Wildman–Crippen LogP) is 1.95. The van der Waals surface area contributed by atoms with Gasteiger partial charge in [-0.2, -0.15) is 0 Å². The Bertz CT molecular complexity index is 119. The minimum absolute atomic E-state index is 0.185. The van der Waals surface area contributed by atoms with Crippen molar-refractivity contribution in [3.05, 3.63) is 0 Å². The van der Waals surface area contributed by atoms with E-state index in [9.17, 15) is 0 Å². The Morgan fingerprint density at radius 2 is 1.92 bits per heavy atom. The molecule has 2 heteroatoms. The second-order valence-corrected chi connectivity index (χ2v) is 3.60. The largest absolute Gasteiger partial charge is 0.374 e. The van der Waals surface area contributed by atoms with E-state index < -0.39 is 0 Å². The van der Waals surface area contributed by atoms with Gasteiger partial charge in [0.2, 0.25) is 0 Å². The molecule has 0 aromatic rings. The summed E-state index contributed by atoms with van der Waals surface area (Å²) in [5.74, 6) is 0. The highest BCUT2D eigenvalue weighted by molar-refractivity contribution is 4.88. The normalized spacial score (nSPS) is 21.5. The summed E-state index contributed by atoms with van der Waals surface area (Å²) < 4.78 is 5.83. The first-order valence-corrected chi connectivity index (χ1v) is 5.17. The molecule has 0 atom stereocenters. The van der Waals surface area contributed by atoms with Gasteiger partial charge in [-0.1, -0.05) is 19.8 Å². The molecule has 1 aliphatic carbocycles. The van der Waals surface area contributed by atoms with Crippen LogP contribution >= 0.6 is 0 Å². The summed E-state index contributed by atoms with van der Waals surface area (Å²) >= 11 is 0. The van der Waals surface area contributed by atoms with Crippen LogP contribution in [0.5, 0.6) is 0 Å². The Labute approximate surface area is 75.7 Å². The van der Waals surface area contributed by atoms with Gasteiger partial charge in [0.25, 0.3) is 0 Å². The lowest BCUT2D eigenvalue weighted by molar-refractivity contribution is -0.0322. The zero-order valence-corrected chi connectivity index (χ0v) is 8.36. The van der Waals surface area contributed by atoms with E-state index in [0.717, 1.165) is 19.7 Å². The molecule has 1 N–H and O–H groups in total. The van der Waals surface area contributed by atoms with Crippen LogP contribution in [-0.4, -0.2) is 25.3 Å². The lowest BCUT2D eigenvalue weighted by Gasteiger charge is -2.29. The minimum Gasteiger partial charge on any atom is -0.374 e. The molecule has 1 saturated carbocycles. The highest BCUT2D eigenvalue weighted by Gasteiger charge is 2.33. The number of nitrogens with one attached hydrogen (secondary N) is 1. The fourth-order valence-electron chi connectivity index (χ4n) is 2.05. The van der Waals surface area contributed by atoms with Crippen LogP contribution in [0.4, 0.5) is 0 Å². The molecule has 12 heavy (non-hydrogen) atoms. The van der Waals surface area contributed by atoms with E-state index in [2.05, 4.69) is 19.2 Å². The second-order valence-electron chi connectivity index (χ2n) is 3.60. The molecule has 1 aliphatic rings. The van der Waals surface area contributed by atoms with Crippen LogP contribution in [0.3, 0.4) is 0 Å². The Morgan fingerprint density at radius 3 is 2.42 bits per heavy atom. The molecule has 0 saturated heterocycles. The molecule has 0 amide bonds. The van der Waals surface area contributed by atoms with Gasteiger partial charge >= 0.3 is 0 Å². The molecule has 0 spiro atoms. The highest BCUT2D eigenvalue weighted by Crippen LogP contribution is 2.32. The van der Waals surface area contributed by atoms with Crippen molar-refractivity contribution in [1.82, 2.24) is 5.32 Å². The number of ether oxygens (including phenoxy) is 1. The van der Waals surface area contributed by atoms with Crippen LogP contribution in [-0.2, 0) is 4.74 Å². The van der Waals surface area contributed by atoms with Gasteiger partial charge in [0, 0.05) is 13.2 Å². The molecular weight excluding hydrogens is 150 g/mol. The maximum absolute atomic E-state index is 5.83. The van der Waals surface area contributed by atoms with Crippen LogP contribution in [0.2, 0.25) is 0 Å².